The van der Waals surface area contributed by atoms with E-state index >= 15 is 0 Å². The van der Waals surface area contributed by atoms with Gasteiger partial charge in [0.05, 0.1) is 5.54 Å². The number of nitrogens with two attached hydrogens (primary N) is 1. The van der Waals surface area contributed by atoms with Gasteiger partial charge in [-0.15, -0.1) is 0 Å². The molecular formula is C13H26N2O. The first-order chi connectivity index (χ1) is 7.49. The molecule has 1 aliphatic rings. The molecule has 1 heterocycles. The van der Waals surface area contributed by atoms with Crippen LogP contribution in [0, 0.1) is 5.92 Å². The third-order valence-corrected chi connectivity index (χ3v) is 3.68. The SMILES string of the molecule is CC(C)CCC(=O)N1CCCCC1(C)CN. The fourth-order valence-electron chi connectivity index (χ4n) is 2.37. The van der Waals surface area contributed by atoms with Crippen LogP contribution in [0.4, 0.5) is 0 Å². The minimum Gasteiger partial charge on any atom is -0.336 e. The topological polar surface area (TPSA) is 46.3 Å². The number of likely N-dealkylation sites (tertiary alicyclic amines) is 1. The predicted octanol–water partition coefficient (Wildman–Crippen LogP) is 2.15. The highest BCUT2D eigenvalue weighted by molar-refractivity contribution is 5.77. The zero-order valence-corrected chi connectivity index (χ0v) is 11.0. The molecule has 3 nitrogen and oxygen atoms in total. The molecule has 1 fully saturated rings. The molecule has 0 aromatic heterocycles. The van der Waals surface area contributed by atoms with Gasteiger partial charge in [-0.05, 0) is 38.5 Å². The Morgan fingerprint density at radius 3 is 2.69 bits per heavy atom. The van der Waals surface area contributed by atoms with E-state index in [9.17, 15) is 4.79 Å². The third-order valence-electron chi connectivity index (χ3n) is 3.68. The first kappa shape index (κ1) is 13.5. The lowest BCUT2D eigenvalue weighted by Crippen LogP contribution is -2.56. The van der Waals surface area contributed by atoms with Gasteiger partial charge in [-0.2, -0.15) is 0 Å². The van der Waals surface area contributed by atoms with E-state index in [-0.39, 0.29) is 5.54 Å². The van der Waals surface area contributed by atoms with Crippen LogP contribution in [-0.2, 0) is 4.79 Å². The molecular weight excluding hydrogens is 200 g/mol. The van der Waals surface area contributed by atoms with E-state index in [4.69, 9.17) is 5.73 Å². The Hall–Kier alpha value is -0.570. The van der Waals surface area contributed by atoms with Crippen LogP contribution in [0.5, 0.6) is 0 Å². The van der Waals surface area contributed by atoms with Gasteiger partial charge in [0.15, 0.2) is 0 Å². The van der Waals surface area contributed by atoms with Crippen molar-refractivity contribution in [1.82, 2.24) is 4.90 Å². The number of rotatable bonds is 4. The van der Waals surface area contributed by atoms with Crippen LogP contribution in [0.3, 0.4) is 0 Å². The number of nitrogens with zero attached hydrogens (tertiary/aromatic N) is 1. The zero-order valence-electron chi connectivity index (χ0n) is 11.0. The van der Waals surface area contributed by atoms with Crippen molar-refractivity contribution >= 4 is 5.91 Å². The average Bonchev–Trinajstić information content (AvgIpc) is 2.26. The second-order valence-corrected chi connectivity index (χ2v) is 5.64. The summed E-state index contributed by atoms with van der Waals surface area (Å²) in [5.74, 6) is 0.888. The highest BCUT2D eigenvalue weighted by atomic mass is 16.2. The van der Waals surface area contributed by atoms with Crippen molar-refractivity contribution < 1.29 is 4.79 Å². The maximum Gasteiger partial charge on any atom is 0.223 e. The van der Waals surface area contributed by atoms with Gasteiger partial charge in [-0.25, -0.2) is 0 Å². The highest BCUT2D eigenvalue weighted by Gasteiger charge is 2.35. The Balaban J connectivity index is 2.58. The summed E-state index contributed by atoms with van der Waals surface area (Å²) in [6, 6.07) is 0. The Bertz CT molecular complexity index is 240. The van der Waals surface area contributed by atoms with Crippen molar-refractivity contribution in [1.29, 1.82) is 0 Å². The van der Waals surface area contributed by atoms with Crippen molar-refractivity contribution in [3.8, 4) is 0 Å². The molecule has 1 unspecified atom stereocenters. The molecule has 0 spiro atoms. The Morgan fingerprint density at radius 2 is 2.12 bits per heavy atom. The van der Waals surface area contributed by atoms with Crippen molar-refractivity contribution in [3.05, 3.63) is 0 Å². The van der Waals surface area contributed by atoms with E-state index < -0.39 is 0 Å². The second-order valence-electron chi connectivity index (χ2n) is 5.64. The van der Waals surface area contributed by atoms with E-state index in [1.54, 1.807) is 0 Å². The van der Waals surface area contributed by atoms with Gasteiger partial charge in [-0.1, -0.05) is 13.8 Å². The molecule has 1 rings (SSSR count). The molecule has 1 saturated heterocycles. The van der Waals surface area contributed by atoms with Crippen molar-refractivity contribution in [2.45, 2.75) is 58.4 Å². The Labute approximate surface area is 99.4 Å². The Kier molecular flexibility index (Phi) is 4.78. The molecule has 0 aromatic rings. The summed E-state index contributed by atoms with van der Waals surface area (Å²) in [5, 5.41) is 0. The van der Waals surface area contributed by atoms with Gasteiger partial charge in [0.1, 0.15) is 0 Å². The number of hydrogen-bond donors (Lipinski definition) is 1. The van der Waals surface area contributed by atoms with Crippen molar-refractivity contribution in [3.63, 3.8) is 0 Å². The minimum atomic E-state index is -0.0910. The molecule has 3 heteroatoms. The summed E-state index contributed by atoms with van der Waals surface area (Å²) in [7, 11) is 0. The summed E-state index contributed by atoms with van der Waals surface area (Å²) < 4.78 is 0. The number of piperidine rings is 1. The summed E-state index contributed by atoms with van der Waals surface area (Å²) >= 11 is 0. The first-order valence-electron chi connectivity index (χ1n) is 6.50. The van der Waals surface area contributed by atoms with Gasteiger partial charge >= 0.3 is 0 Å². The largest absolute Gasteiger partial charge is 0.336 e. The van der Waals surface area contributed by atoms with Crippen LogP contribution >= 0.6 is 0 Å². The number of carbonyl (C=O) groups excluding carboxylic acids is 1. The summed E-state index contributed by atoms with van der Waals surface area (Å²) in [5.41, 5.74) is 5.74. The van der Waals surface area contributed by atoms with E-state index in [0.717, 1.165) is 25.8 Å². The highest BCUT2D eigenvalue weighted by Crippen LogP contribution is 2.28. The van der Waals surface area contributed by atoms with Gasteiger partial charge in [0.25, 0.3) is 0 Å². The van der Waals surface area contributed by atoms with Crippen LogP contribution in [-0.4, -0.2) is 29.4 Å². The zero-order chi connectivity index (χ0) is 12.2. The summed E-state index contributed by atoms with van der Waals surface area (Å²) in [6.45, 7) is 7.92. The van der Waals surface area contributed by atoms with Crippen LogP contribution in [0.15, 0.2) is 0 Å². The monoisotopic (exact) mass is 226 g/mol. The lowest BCUT2D eigenvalue weighted by molar-refractivity contribution is -0.139. The standard InChI is InChI=1S/C13H26N2O/c1-11(2)6-7-12(16)15-9-5-4-8-13(15,3)10-14/h11H,4-10,14H2,1-3H3. The van der Waals surface area contributed by atoms with Crippen molar-refractivity contribution in [2.24, 2.45) is 11.7 Å². The second kappa shape index (κ2) is 5.67. The molecule has 0 aliphatic carbocycles. The third kappa shape index (κ3) is 3.21. The van der Waals surface area contributed by atoms with Gasteiger partial charge in [-0.3, -0.25) is 4.79 Å². The maximum absolute atomic E-state index is 12.1. The smallest absolute Gasteiger partial charge is 0.223 e. The molecule has 94 valence electrons. The quantitative estimate of drug-likeness (QED) is 0.798. The average molecular weight is 226 g/mol. The Morgan fingerprint density at radius 1 is 1.44 bits per heavy atom. The van der Waals surface area contributed by atoms with Crippen LogP contribution in [0.2, 0.25) is 0 Å². The van der Waals surface area contributed by atoms with E-state index in [0.29, 0.717) is 24.8 Å². The first-order valence-corrected chi connectivity index (χ1v) is 6.50. The van der Waals surface area contributed by atoms with E-state index in [2.05, 4.69) is 20.8 Å². The number of carbonyl (C=O) groups is 1. The van der Waals surface area contributed by atoms with Gasteiger partial charge < -0.3 is 10.6 Å². The fraction of sp³-hybridized carbons (Fsp3) is 0.923. The van der Waals surface area contributed by atoms with Gasteiger partial charge in [0.2, 0.25) is 5.91 Å². The normalized spacial score (nSPS) is 26.2. The molecule has 0 bridgehead atoms. The predicted molar refractivity (Wildman–Crippen MR) is 67.1 cm³/mol. The lowest BCUT2D eigenvalue weighted by Gasteiger charge is -2.44. The van der Waals surface area contributed by atoms with Crippen molar-refractivity contribution in [2.75, 3.05) is 13.1 Å². The summed E-state index contributed by atoms with van der Waals surface area (Å²) in [4.78, 5) is 14.2. The summed E-state index contributed by atoms with van der Waals surface area (Å²) in [6.07, 6.45) is 5.03. The molecule has 1 amide bonds. The molecule has 1 atom stereocenters. The molecule has 2 N–H and O–H groups in total. The molecule has 16 heavy (non-hydrogen) atoms. The molecule has 0 aromatic carbocycles. The van der Waals surface area contributed by atoms with E-state index in [1.807, 2.05) is 4.90 Å². The molecule has 0 saturated carbocycles. The van der Waals surface area contributed by atoms with Crippen LogP contribution in [0.25, 0.3) is 0 Å². The number of hydrogen-bond acceptors (Lipinski definition) is 2. The van der Waals surface area contributed by atoms with Gasteiger partial charge in [0, 0.05) is 19.5 Å². The van der Waals surface area contributed by atoms with Crippen LogP contribution in [0.1, 0.15) is 52.9 Å². The molecule has 0 radical (unpaired) electrons. The fourth-order valence-corrected chi connectivity index (χ4v) is 2.37. The maximum atomic E-state index is 12.1. The number of amides is 1. The molecule has 1 aliphatic heterocycles. The lowest BCUT2D eigenvalue weighted by atomic mass is 9.88. The van der Waals surface area contributed by atoms with E-state index in [1.165, 1.54) is 6.42 Å². The minimum absolute atomic E-state index is 0.0910. The van der Waals surface area contributed by atoms with Crippen LogP contribution < -0.4 is 5.73 Å².